The number of amides is 1. The van der Waals surface area contributed by atoms with Crippen LogP contribution in [-0.2, 0) is 9.53 Å². The van der Waals surface area contributed by atoms with Gasteiger partial charge in [-0.3, -0.25) is 10.2 Å². The Morgan fingerprint density at radius 1 is 1.26 bits per heavy atom. The van der Waals surface area contributed by atoms with E-state index in [0.29, 0.717) is 0 Å². The van der Waals surface area contributed by atoms with Crippen molar-refractivity contribution >= 4 is 5.91 Å². The lowest BCUT2D eigenvalue weighted by molar-refractivity contribution is -0.132. The molecule has 112 valence electrons. The van der Waals surface area contributed by atoms with Crippen LogP contribution in [0.5, 0.6) is 0 Å². The SMILES string of the molecule is CCCCN(CCCC)CC1CCC(C(=O)NN)O1. The van der Waals surface area contributed by atoms with Gasteiger partial charge in [-0.2, -0.15) is 0 Å². The average molecular weight is 271 g/mol. The number of hydrogen-bond acceptors (Lipinski definition) is 4. The molecule has 0 bridgehead atoms. The lowest BCUT2D eigenvalue weighted by Crippen LogP contribution is -2.40. The number of nitrogens with two attached hydrogens (primary N) is 1. The van der Waals surface area contributed by atoms with Crippen LogP contribution in [0.4, 0.5) is 0 Å². The number of rotatable bonds is 9. The fourth-order valence-corrected chi connectivity index (χ4v) is 2.47. The Morgan fingerprint density at radius 3 is 2.42 bits per heavy atom. The second-order valence-corrected chi connectivity index (χ2v) is 5.34. The highest BCUT2D eigenvalue weighted by Crippen LogP contribution is 2.21. The summed E-state index contributed by atoms with van der Waals surface area (Å²) in [6.45, 7) is 7.62. The maximum atomic E-state index is 11.4. The van der Waals surface area contributed by atoms with Crippen LogP contribution in [0, 0.1) is 0 Å². The fraction of sp³-hybridized carbons (Fsp3) is 0.929. The topological polar surface area (TPSA) is 67.6 Å². The minimum Gasteiger partial charge on any atom is -0.364 e. The zero-order valence-electron chi connectivity index (χ0n) is 12.4. The summed E-state index contributed by atoms with van der Waals surface area (Å²) < 4.78 is 5.77. The van der Waals surface area contributed by atoms with Gasteiger partial charge in [-0.25, -0.2) is 5.84 Å². The number of hydrazine groups is 1. The molecule has 0 aromatic heterocycles. The molecule has 2 unspecified atom stereocenters. The molecule has 0 radical (unpaired) electrons. The third kappa shape index (κ3) is 5.89. The minimum absolute atomic E-state index is 0.177. The molecule has 1 fully saturated rings. The summed E-state index contributed by atoms with van der Waals surface area (Å²) in [6, 6.07) is 0. The molecule has 19 heavy (non-hydrogen) atoms. The van der Waals surface area contributed by atoms with Crippen molar-refractivity contribution in [2.45, 2.75) is 64.6 Å². The maximum Gasteiger partial charge on any atom is 0.263 e. The highest BCUT2D eigenvalue weighted by molar-refractivity contribution is 5.80. The molecule has 1 aliphatic heterocycles. The van der Waals surface area contributed by atoms with E-state index in [2.05, 4.69) is 24.2 Å². The summed E-state index contributed by atoms with van der Waals surface area (Å²) >= 11 is 0. The molecule has 5 heteroatoms. The second-order valence-electron chi connectivity index (χ2n) is 5.34. The molecule has 1 aliphatic rings. The molecule has 0 saturated carbocycles. The van der Waals surface area contributed by atoms with Crippen LogP contribution in [0.3, 0.4) is 0 Å². The van der Waals surface area contributed by atoms with Gasteiger partial charge < -0.3 is 9.64 Å². The molecule has 1 rings (SSSR count). The largest absolute Gasteiger partial charge is 0.364 e. The van der Waals surface area contributed by atoms with Gasteiger partial charge in [-0.1, -0.05) is 26.7 Å². The molecule has 0 aromatic rings. The maximum absolute atomic E-state index is 11.4. The molecule has 0 aliphatic carbocycles. The highest BCUT2D eigenvalue weighted by atomic mass is 16.5. The molecule has 1 heterocycles. The molecule has 0 spiro atoms. The monoisotopic (exact) mass is 271 g/mol. The summed E-state index contributed by atoms with van der Waals surface area (Å²) in [5, 5.41) is 0. The van der Waals surface area contributed by atoms with Crippen molar-refractivity contribution in [3.63, 3.8) is 0 Å². The van der Waals surface area contributed by atoms with Crippen LogP contribution < -0.4 is 11.3 Å². The molecule has 1 saturated heterocycles. The third-order valence-electron chi connectivity index (χ3n) is 3.66. The molecule has 3 N–H and O–H groups in total. The summed E-state index contributed by atoms with van der Waals surface area (Å²) in [7, 11) is 0. The van der Waals surface area contributed by atoms with Crippen molar-refractivity contribution in [2.24, 2.45) is 5.84 Å². The molecule has 5 nitrogen and oxygen atoms in total. The van der Waals surface area contributed by atoms with E-state index in [1.54, 1.807) is 0 Å². The second kappa shape index (κ2) is 9.28. The highest BCUT2D eigenvalue weighted by Gasteiger charge is 2.31. The molecular weight excluding hydrogens is 242 g/mol. The molecule has 2 atom stereocenters. The number of nitrogens with one attached hydrogen (secondary N) is 1. The van der Waals surface area contributed by atoms with E-state index in [1.165, 1.54) is 25.7 Å². The van der Waals surface area contributed by atoms with E-state index in [4.69, 9.17) is 10.6 Å². The van der Waals surface area contributed by atoms with Gasteiger partial charge in [0.1, 0.15) is 6.10 Å². The van der Waals surface area contributed by atoms with Crippen molar-refractivity contribution in [3.05, 3.63) is 0 Å². The first-order chi connectivity index (χ1) is 9.21. The van der Waals surface area contributed by atoms with Gasteiger partial charge in [0.25, 0.3) is 5.91 Å². The zero-order chi connectivity index (χ0) is 14.1. The van der Waals surface area contributed by atoms with Gasteiger partial charge in [-0.05, 0) is 38.8 Å². The Balaban J connectivity index is 2.35. The van der Waals surface area contributed by atoms with Crippen LogP contribution in [0.25, 0.3) is 0 Å². The van der Waals surface area contributed by atoms with Crippen LogP contribution in [0.15, 0.2) is 0 Å². The average Bonchev–Trinajstić information content (AvgIpc) is 2.89. The first kappa shape index (κ1) is 16.4. The normalized spacial score (nSPS) is 22.9. The van der Waals surface area contributed by atoms with Crippen LogP contribution in [-0.4, -0.2) is 42.6 Å². The molecular formula is C14H29N3O2. The van der Waals surface area contributed by atoms with E-state index in [0.717, 1.165) is 32.5 Å². The predicted octanol–water partition coefficient (Wildman–Crippen LogP) is 1.43. The number of hydrogen-bond donors (Lipinski definition) is 2. The van der Waals surface area contributed by atoms with E-state index in [1.807, 2.05) is 0 Å². The lowest BCUT2D eigenvalue weighted by Gasteiger charge is -2.25. The van der Waals surface area contributed by atoms with Crippen molar-refractivity contribution in [2.75, 3.05) is 19.6 Å². The number of carbonyl (C=O) groups excluding carboxylic acids is 1. The van der Waals surface area contributed by atoms with E-state index in [-0.39, 0.29) is 18.1 Å². The number of ether oxygens (including phenoxy) is 1. The Kier molecular flexibility index (Phi) is 8.02. The van der Waals surface area contributed by atoms with Gasteiger partial charge >= 0.3 is 0 Å². The first-order valence-corrected chi connectivity index (χ1v) is 7.59. The van der Waals surface area contributed by atoms with Gasteiger partial charge in [0.15, 0.2) is 0 Å². The van der Waals surface area contributed by atoms with Crippen LogP contribution in [0.2, 0.25) is 0 Å². The first-order valence-electron chi connectivity index (χ1n) is 7.59. The van der Waals surface area contributed by atoms with E-state index in [9.17, 15) is 4.79 Å². The summed E-state index contributed by atoms with van der Waals surface area (Å²) in [6.07, 6.45) is 6.44. The number of unbranched alkanes of at least 4 members (excludes halogenated alkanes) is 2. The standard InChI is InChI=1S/C14H29N3O2/c1-3-5-9-17(10-6-4-2)11-12-7-8-13(19-12)14(18)16-15/h12-13H,3-11,15H2,1-2H3,(H,16,18). The summed E-state index contributed by atoms with van der Waals surface area (Å²) in [4.78, 5) is 13.9. The number of carbonyl (C=O) groups is 1. The quantitative estimate of drug-likeness (QED) is 0.378. The van der Waals surface area contributed by atoms with Crippen LogP contribution in [0.1, 0.15) is 52.4 Å². The van der Waals surface area contributed by atoms with Gasteiger partial charge in [0, 0.05) is 6.54 Å². The minimum atomic E-state index is -0.353. The Labute approximate surface area is 116 Å². The van der Waals surface area contributed by atoms with Gasteiger partial charge in [0.2, 0.25) is 0 Å². The van der Waals surface area contributed by atoms with Crippen molar-refractivity contribution < 1.29 is 9.53 Å². The Morgan fingerprint density at radius 2 is 1.89 bits per heavy atom. The van der Waals surface area contributed by atoms with E-state index < -0.39 is 0 Å². The fourth-order valence-electron chi connectivity index (χ4n) is 2.47. The summed E-state index contributed by atoms with van der Waals surface area (Å²) in [5.74, 6) is 4.94. The molecule has 0 aromatic carbocycles. The van der Waals surface area contributed by atoms with Gasteiger partial charge in [-0.15, -0.1) is 0 Å². The Bertz CT molecular complexity index is 253. The van der Waals surface area contributed by atoms with Crippen LogP contribution >= 0.6 is 0 Å². The summed E-state index contributed by atoms with van der Waals surface area (Å²) in [5.41, 5.74) is 2.17. The third-order valence-corrected chi connectivity index (χ3v) is 3.66. The lowest BCUT2D eigenvalue weighted by atomic mass is 10.1. The van der Waals surface area contributed by atoms with Crippen molar-refractivity contribution in [1.29, 1.82) is 0 Å². The Hall–Kier alpha value is -0.650. The number of nitrogens with zero attached hydrogens (tertiary/aromatic N) is 1. The van der Waals surface area contributed by atoms with Gasteiger partial charge in [0.05, 0.1) is 6.10 Å². The predicted molar refractivity (Wildman–Crippen MR) is 76.5 cm³/mol. The zero-order valence-corrected chi connectivity index (χ0v) is 12.4. The molecule has 1 amide bonds. The van der Waals surface area contributed by atoms with Crippen molar-refractivity contribution in [3.8, 4) is 0 Å². The van der Waals surface area contributed by atoms with E-state index >= 15 is 0 Å². The van der Waals surface area contributed by atoms with Crippen molar-refractivity contribution in [1.82, 2.24) is 10.3 Å². The smallest absolute Gasteiger partial charge is 0.263 e.